The van der Waals surface area contributed by atoms with Gasteiger partial charge in [0.15, 0.2) is 9.84 Å². The highest BCUT2D eigenvalue weighted by atomic mass is 79.9. The van der Waals surface area contributed by atoms with Crippen LogP contribution in [0.1, 0.15) is 44.3 Å². The molecule has 5 aromatic rings. The largest absolute Gasteiger partial charge is 0.488 e. The molecule has 0 aliphatic rings. The molecule has 3 heterocycles. The van der Waals surface area contributed by atoms with Gasteiger partial charge in [0, 0.05) is 16.5 Å². The second-order valence-corrected chi connectivity index (χ2v) is 14.8. The summed E-state index contributed by atoms with van der Waals surface area (Å²) in [5.41, 5.74) is 3.48. The molecule has 5 rings (SSSR count). The van der Waals surface area contributed by atoms with Gasteiger partial charge in [0.25, 0.3) is 0 Å². The standard InChI is InChI=1S/C30H30BrFN6O3S2/c1-17(2)43(39,40)19(4)36-18(3)30-38-27(15-42-30)25-12-23-26(13-33-25)34-16-35-29(23)37-22-8-9-28(24(31)11-22)41-14-20-6-5-7-21(32)10-20/h5-13,15-19,36H,14H2,1-4H3,(H,34,35,37). The Morgan fingerprint density at radius 2 is 1.84 bits per heavy atom. The maximum Gasteiger partial charge on any atom is 0.168 e. The van der Waals surface area contributed by atoms with Crippen LogP contribution in [0.15, 0.2) is 70.9 Å². The topological polar surface area (TPSA) is 119 Å². The van der Waals surface area contributed by atoms with Crippen molar-refractivity contribution in [3.63, 3.8) is 0 Å². The number of hydrogen-bond donors (Lipinski definition) is 2. The number of sulfone groups is 1. The number of rotatable bonds is 11. The molecule has 2 unspecified atom stereocenters. The van der Waals surface area contributed by atoms with Crippen molar-refractivity contribution >= 4 is 59.5 Å². The van der Waals surface area contributed by atoms with Crippen LogP contribution in [-0.4, -0.2) is 39.0 Å². The Kier molecular flexibility index (Phi) is 9.35. The number of halogens is 2. The van der Waals surface area contributed by atoms with Gasteiger partial charge >= 0.3 is 0 Å². The highest BCUT2D eigenvalue weighted by molar-refractivity contribution is 9.10. The highest BCUT2D eigenvalue weighted by Gasteiger charge is 2.27. The monoisotopic (exact) mass is 684 g/mol. The minimum Gasteiger partial charge on any atom is -0.488 e. The number of hydrogen-bond acceptors (Lipinski definition) is 10. The van der Waals surface area contributed by atoms with Crippen LogP contribution in [0, 0.1) is 5.82 Å². The Morgan fingerprint density at radius 3 is 2.58 bits per heavy atom. The van der Waals surface area contributed by atoms with Crippen molar-refractivity contribution in [3.8, 4) is 17.1 Å². The molecular weight excluding hydrogens is 655 g/mol. The number of aromatic nitrogens is 4. The minimum absolute atomic E-state index is 0.235. The molecule has 3 aromatic heterocycles. The van der Waals surface area contributed by atoms with Gasteiger partial charge in [-0.1, -0.05) is 12.1 Å². The van der Waals surface area contributed by atoms with Crippen molar-refractivity contribution in [2.24, 2.45) is 0 Å². The molecule has 2 atom stereocenters. The first-order valence-electron chi connectivity index (χ1n) is 13.5. The van der Waals surface area contributed by atoms with Gasteiger partial charge in [-0.25, -0.2) is 27.8 Å². The van der Waals surface area contributed by atoms with E-state index in [2.05, 4.69) is 41.5 Å². The summed E-state index contributed by atoms with van der Waals surface area (Å²) < 4.78 is 45.1. The van der Waals surface area contributed by atoms with Crippen molar-refractivity contribution in [2.75, 3.05) is 5.32 Å². The Morgan fingerprint density at radius 1 is 1.02 bits per heavy atom. The maximum absolute atomic E-state index is 13.5. The van der Waals surface area contributed by atoms with E-state index in [4.69, 9.17) is 9.72 Å². The van der Waals surface area contributed by atoms with Crippen LogP contribution in [0.4, 0.5) is 15.9 Å². The normalized spacial score (nSPS) is 13.3. The number of nitrogens with one attached hydrogen (secondary N) is 2. The average molecular weight is 686 g/mol. The van der Waals surface area contributed by atoms with E-state index < -0.39 is 20.5 Å². The number of thiazole rings is 1. The third-order valence-electron chi connectivity index (χ3n) is 6.79. The third kappa shape index (κ3) is 7.18. The molecule has 13 heteroatoms. The van der Waals surface area contributed by atoms with Gasteiger partial charge in [0.1, 0.15) is 40.7 Å². The number of ether oxygens (including phenoxy) is 1. The van der Waals surface area contributed by atoms with Crippen molar-refractivity contribution in [2.45, 2.75) is 51.0 Å². The highest BCUT2D eigenvalue weighted by Crippen LogP contribution is 2.33. The maximum atomic E-state index is 13.5. The Labute approximate surface area is 262 Å². The molecule has 9 nitrogen and oxygen atoms in total. The van der Waals surface area contributed by atoms with Crippen LogP contribution in [0.2, 0.25) is 0 Å². The molecule has 224 valence electrons. The van der Waals surface area contributed by atoms with Gasteiger partial charge in [0.2, 0.25) is 0 Å². The number of anilines is 2. The number of nitrogens with zero attached hydrogens (tertiary/aromatic N) is 4. The van der Waals surface area contributed by atoms with Crippen LogP contribution in [-0.2, 0) is 16.4 Å². The average Bonchev–Trinajstić information content (AvgIpc) is 3.47. The summed E-state index contributed by atoms with van der Waals surface area (Å²) in [5, 5.41) is 8.75. The Bertz CT molecular complexity index is 1870. The minimum atomic E-state index is -3.29. The first-order valence-corrected chi connectivity index (χ1v) is 16.8. The van der Waals surface area contributed by atoms with Gasteiger partial charge in [0.05, 0.1) is 38.9 Å². The molecule has 43 heavy (non-hydrogen) atoms. The zero-order valence-corrected chi connectivity index (χ0v) is 27.1. The van der Waals surface area contributed by atoms with E-state index in [0.29, 0.717) is 28.5 Å². The fourth-order valence-electron chi connectivity index (χ4n) is 4.35. The van der Waals surface area contributed by atoms with Gasteiger partial charge in [-0.15, -0.1) is 11.3 Å². The lowest BCUT2D eigenvalue weighted by atomic mass is 10.2. The Hall–Kier alpha value is -3.52. The SMILES string of the molecule is CC(NC(C)S(=O)(=O)C(C)C)c1nc(-c2cc3c(Nc4ccc(OCc5cccc(F)c5)c(Br)c4)ncnc3cn2)cs1. The van der Waals surface area contributed by atoms with Crippen molar-refractivity contribution in [3.05, 3.63) is 87.3 Å². The molecule has 0 radical (unpaired) electrons. The lowest BCUT2D eigenvalue weighted by Gasteiger charge is -2.20. The molecule has 0 fully saturated rings. The third-order valence-corrected chi connectivity index (χ3v) is 10.9. The molecular formula is C30H30BrFN6O3S2. The van der Waals surface area contributed by atoms with E-state index in [9.17, 15) is 12.8 Å². The summed E-state index contributed by atoms with van der Waals surface area (Å²) >= 11 is 5.00. The van der Waals surface area contributed by atoms with Gasteiger partial charge < -0.3 is 10.1 Å². The zero-order chi connectivity index (χ0) is 30.7. The lowest BCUT2D eigenvalue weighted by molar-refractivity contribution is 0.303. The first-order chi connectivity index (χ1) is 20.5. The van der Waals surface area contributed by atoms with E-state index in [1.807, 2.05) is 36.6 Å². The Balaban J connectivity index is 1.33. The molecule has 0 amide bonds. The van der Waals surface area contributed by atoms with E-state index in [1.165, 1.54) is 29.8 Å². The fraction of sp³-hybridized carbons (Fsp3) is 0.267. The van der Waals surface area contributed by atoms with Crippen LogP contribution < -0.4 is 15.4 Å². The van der Waals surface area contributed by atoms with Crippen LogP contribution in [0.25, 0.3) is 22.3 Å². The molecule has 0 spiro atoms. The lowest BCUT2D eigenvalue weighted by Crippen LogP contribution is -2.39. The van der Waals surface area contributed by atoms with Crippen LogP contribution in [0.5, 0.6) is 5.75 Å². The molecule has 0 aliphatic carbocycles. The van der Waals surface area contributed by atoms with E-state index in [-0.39, 0.29) is 18.5 Å². The predicted molar refractivity (Wildman–Crippen MR) is 172 cm³/mol. The summed E-state index contributed by atoms with van der Waals surface area (Å²) in [7, 11) is -3.29. The quantitative estimate of drug-likeness (QED) is 0.149. The summed E-state index contributed by atoms with van der Waals surface area (Å²) in [5.74, 6) is 0.904. The van der Waals surface area contributed by atoms with Crippen molar-refractivity contribution in [1.82, 2.24) is 25.3 Å². The molecule has 0 saturated heterocycles. The van der Waals surface area contributed by atoms with Gasteiger partial charge in [-0.3, -0.25) is 10.3 Å². The van der Waals surface area contributed by atoms with E-state index in [0.717, 1.165) is 26.1 Å². The zero-order valence-electron chi connectivity index (χ0n) is 23.9. The second-order valence-electron chi connectivity index (χ2n) is 10.2. The summed E-state index contributed by atoms with van der Waals surface area (Å²) in [4.78, 5) is 18.1. The van der Waals surface area contributed by atoms with Crippen LogP contribution >= 0.6 is 27.3 Å². The molecule has 2 N–H and O–H groups in total. The van der Waals surface area contributed by atoms with Crippen molar-refractivity contribution < 1.29 is 17.5 Å². The predicted octanol–water partition coefficient (Wildman–Crippen LogP) is 7.19. The molecule has 0 saturated carbocycles. The number of pyridine rings is 1. The fourth-order valence-corrected chi connectivity index (χ4v) is 6.88. The van der Waals surface area contributed by atoms with Gasteiger partial charge in [-0.05, 0) is 85.6 Å². The second kappa shape index (κ2) is 13.0. The van der Waals surface area contributed by atoms with Crippen molar-refractivity contribution in [1.29, 1.82) is 0 Å². The number of benzene rings is 2. The smallest absolute Gasteiger partial charge is 0.168 e. The summed E-state index contributed by atoms with van der Waals surface area (Å²) in [6.45, 7) is 7.15. The first kappa shape index (κ1) is 30.9. The van der Waals surface area contributed by atoms with E-state index in [1.54, 1.807) is 39.1 Å². The summed E-state index contributed by atoms with van der Waals surface area (Å²) in [6, 6.07) is 13.5. The molecule has 0 aliphatic heterocycles. The number of fused-ring (bicyclic) bond motifs is 1. The summed E-state index contributed by atoms with van der Waals surface area (Å²) in [6.07, 6.45) is 3.15. The van der Waals surface area contributed by atoms with Crippen LogP contribution in [0.3, 0.4) is 0 Å². The van der Waals surface area contributed by atoms with E-state index >= 15 is 0 Å². The van der Waals surface area contributed by atoms with Gasteiger partial charge in [-0.2, -0.15) is 0 Å². The molecule has 2 aromatic carbocycles. The molecule has 0 bridgehead atoms.